The van der Waals surface area contributed by atoms with Gasteiger partial charge in [0.05, 0.1) is 0 Å². The first-order valence-electron chi connectivity index (χ1n) is 7.80. The molecule has 0 aromatic carbocycles. The third-order valence-electron chi connectivity index (χ3n) is 4.99. The van der Waals surface area contributed by atoms with Crippen LogP contribution in [-0.4, -0.2) is 43.3 Å². The minimum Gasteiger partial charge on any atom is -0.385 e. The Hall–Kier alpha value is -0.160. The van der Waals surface area contributed by atoms with Gasteiger partial charge in [-0.15, -0.1) is 0 Å². The van der Waals surface area contributed by atoms with E-state index in [2.05, 4.69) is 31.1 Å². The molecular formula is C15H33N3O. The van der Waals surface area contributed by atoms with Crippen molar-refractivity contribution in [2.24, 2.45) is 11.8 Å². The number of methoxy groups -OCH3 is 1. The van der Waals surface area contributed by atoms with Gasteiger partial charge in [0.25, 0.3) is 0 Å². The molecule has 1 heterocycles. The van der Waals surface area contributed by atoms with Gasteiger partial charge in [0, 0.05) is 25.3 Å². The zero-order chi connectivity index (χ0) is 14.3. The number of nitrogens with one attached hydrogen (secondary N) is 1. The highest BCUT2D eigenvalue weighted by molar-refractivity contribution is 4.98. The smallest absolute Gasteiger partial charge is 0.0465 e. The second-order valence-electron chi connectivity index (χ2n) is 6.16. The highest BCUT2D eigenvalue weighted by atomic mass is 16.5. The summed E-state index contributed by atoms with van der Waals surface area (Å²) in [5.41, 5.74) is 3.24. The number of likely N-dealkylation sites (tertiary alicyclic amines) is 1. The van der Waals surface area contributed by atoms with Gasteiger partial charge in [-0.3, -0.25) is 16.2 Å². The van der Waals surface area contributed by atoms with Crippen LogP contribution in [0.25, 0.3) is 0 Å². The second kappa shape index (κ2) is 8.20. The third kappa shape index (κ3) is 4.15. The molecule has 19 heavy (non-hydrogen) atoms. The number of hydrogen-bond acceptors (Lipinski definition) is 4. The van der Waals surface area contributed by atoms with Crippen LogP contribution in [0.5, 0.6) is 0 Å². The Labute approximate surface area is 119 Å². The third-order valence-corrected chi connectivity index (χ3v) is 4.99. The number of nitrogens with two attached hydrogens (primary N) is 1. The molecule has 0 aromatic rings. The van der Waals surface area contributed by atoms with Gasteiger partial charge in [0.1, 0.15) is 0 Å². The van der Waals surface area contributed by atoms with Crippen molar-refractivity contribution >= 4 is 0 Å². The predicted octanol–water partition coefficient (Wildman–Crippen LogP) is 2.15. The van der Waals surface area contributed by atoms with E-state index in [1.807, 2.05) is 0 Å². The van der Waals surface area contributed by atoms with E-state index in [-0.39, 0.29) is 5.54 Å². The second-order valence-corrected chi connectivity index (χ2v) is 6.16. The normalized spacial score (nSPS) is 23.8. The van der Waals surface area contributed by atoms with E-state index in [1.165, 1.54) is 32.4 Å². The van der Waals surface area contributed by atoms with Crippen molar-refractivity contribution in [3.63, 3.8) is 0 Å². The number of nitrogens with zero attached hydrogens (tertiary/aromatic N) is 1. The first-order valence-corrected chi connectivity index (χ1v) is 7.80. The van der Waals surface area contributed by atoms with Gasteiger partial charge in [-0.05, 0) is 51.6 Å². The van der Waals surface area contributed by atoms with Gasteiger partial charge in [0.2, 0.25) is 0 Å². The Bertz CT molecular complexity index is 244. The van der Waals surface area contributed by atoms with Crippen molar-refractivity contribution in [3.8, 4) is 0 Å². The van der Waals surface area contributed by atoms with Gasteiger partial charge in [-0.1, -0.05) is 20.3 Å². The van der Waals surface area contributed by atoms with Gasteiger partial charge in [-0.25, -0.2) is 0 Å². The summed E-state index contributed by atoms with van der Waals surface area (Å²) in [5, 5.41) is 0. The van der Waals surface area contributed by atoms with Crippen LogP contribution >= 0.6 is 0 Å². The van der Waals surface area contributed by atoms with Crippen molar-refractivity contribution < 1.29 is 4.74 Å². The van der Waals surface area contributed by atoms with Crippen LogP contribution in [0.2, 0.25) is 0 Å². The van der Waals surface area contributed by atoms with Crippen LogP contribution in [0.15, 0.2) is 0 Å². The summed E-state index contributed by atoms with van der Waals surface area (Å²) < 4.78 is 5.22. The van der Waals surface area contributed by atoms with E-state index in [1.54, 1.807) is 7.11 Å². The molecular weight excluding hydrogens is 238 g/mol. The Morgan fingerprint density at radius 2 is 1.95 bits per heavy atom. The van der Waals surface area contributed by atoms with Gasteiger partial charge in [-0.2, -0.15) is 0 Å². The predicted molar refractivity (Wildman–Crippen MR) is 80.9 cm³/mol. The summed E-state index contributed by atoms with van der Waals surface area (Å²) in [5.74, 6) is 6.41. The molecule has 4 nitrogen and oxygen atoms in total. The monoisotopic (exact) mass is 271 g/mol. The van der Waals surface area contributed by atoms with Gasteiger partial charge in [0.15, 0.2) is 0 Å². The average Bonchev–Trinajstić information content (AvgIpc) is 2.46. The van der Waals surface area contributed by atoms with E-state index in [0.29, 0.717) is 12.0 Å². The molecule has 0 aliphatic carbocycles. The maximum atomic E-state index is 5.90. The molecule has 0 aromatic heterocycles. The van der Waals surface area contributed by atoms with Gasteiger partial charge < -0.3 is 4.74 Å². The SMILES string of the molecule is CCC(C)(C(NN)C(C)CCOC)N1CCCCC1. The molecule has 3 N–H and O–H groups in total. The fourth-order valence-electron chi connectivity index (χ4n) is 3.47. The minimum atomic E-state index is 0.141. The zero-order valence-electron chi connectivity index (χ0n) is 13.2. The van der Waals surface area contributed by atoms with Crippen LogP contribution in [0.4, 0.5) is 0 Å². The lowest BCUT2D eigenvalue weighted by Gasteiger charge is -2.49. The van der Waals surface area contributed by atoms with Gasteiger partial charge >= 0.3 is 0 Å². The van der Waals surface area contributed by atoms with Crippen molar-refractivity contribution in [2.45, 2.75) is 64.5 Å². The Balaban J connectivity index is 2.76. The van der Waals surface area contributed by atoms with Crippen molar-refractivity contribution in [3.05, 3.63) is 0 Å². The van der Waals surface area contributed by atoms with Crippen LogP contribution in [0.3, 0.4) is 0 Å². The number of piperidine rings is 1. The quantitative estimate of drug-likeness (QED) is 0.524. The summed E-state index contributed by atoms with van der Waals surface area (Å²) in [7, 11) is 1.77. The molecule has 0 amide bonds. The summed E-state index contributed by atoms with van der Waals surface area (Å²) in [6, 6.07) is 0.311. The van der Waals surface area contributed by atoms with Crippen molar-refractivity contribution in [1.29, 1.82) is 0 Å². The fourth-order valence-corrected chi connectivity index (χ4v) is 3.47. The standard InChI is InChI=1S/C15H33N3O/c1-5-15(3,18-10-7-6-8-11-18)14(17-16)13(2)9-12-19-4/h13-14,17H,5-12,16H2,1-4H3. The summed E-state index contributed by atoms with van der Waals surface area (Å²) in [4.78, 5) is 2.64. The summed E-state index contributed by atoms with van der Waals surface area (Å²) in [6.45, 7) is 10.1. The summed E-state index contributed by atoms with van der Waals surface area (Å²) in [6.07, 6.45) is 6.18. The Kier molecular flexibility index (Phi) is 7.29. The molecule has 1 aliphatic rings. The van der Waals surface area contributed by atoms with Crippen LogP contribution in [0, 0.1) is 5.92 Å². The molecule has 1 fully saturated rings. The van der Waals surface area contributed by atoms with E-state index >= 15 is 0 Å². The topological polar surface area (TPSA) is 50.5 Å². The molecule has 0 radical (unpaired) electrons. The zero-order valence-corrected chi connectivity index (χ0v) is 13.2. The fraction of sp³-hybridized carbons (Fsp3) is 1.00. The molecule has 0 bridgehead atoms. The molecule has 1 aliphatic heterocycles. The van der Waals surface area contributed by atoms with E-state index < -0.39 is 0 Å². The number of hydrogen-bond donors (Lipinski definition) is 2. The molecule has 3 atom stereocenters. The molecule has 0 saturated carbocycles. The first-order chi connectivity index (χ1) is 9.10. The molecule has 0 spiro atoms. The highest BCUT2D eigenvalue weighted by Gasteiger charge is 2.40. The lowest BCUT2D eigenvalue weighted by molar-refractivity contribution is 0.0200. The molecule has 114 valence electrons. The number of rotatable bonds is 8. The van der Waals surface area contributed by atoms with E-state index in [9.17, 15) is 0 Å². The molecule has 1 rings (SSSR count). The summed E-state index contributed by atoms with van der Waals surface area (Å²) >= 11 is 0. The van der Waals surface area contributed by atoms with Crippen LogP contribution in [-0.2, 0) is 4.74 Å². The largest absolute Gasteiger partial charge is 0.385 e. The lowest BCUT2D eigenvalue weighted by atomic mass is 9.78. The molecule has 4 heteroatoms. The lowest BCUT2D eigenvalue weighted by Crippen LogP contribution is -2.64. The van der Waals surface area contributed by atoms with Crippen LogP contribution < -0.4 is 11.3 Å². The van der Waals surface area contributed by atoms with Crippen molar-refractivity contribution in [1.82, 2.24) is 10.3 Å². The number of hydrazine groups is 1. The number of ether oxygens (including phenoxy) is 1. The first kappa shape index (κ1) is 16.9. The molecule has 1 saturated heterocycles. The Morgan fingerprint density at radius 1 is 1.32 bits per heavy atom. The maximum Gasteiger partial charge on any atom is 0.0465 e. The minimum absolute atomic E-state index is 0.141. The highest BCUT2D eigenvalue weighted by Crippen LogP contribution is 2.31. The average molecular weight is 271 g/mol. The van der Waals surface area contributed by atoms with E-state index in [4.69, 9.17) is 10.6 Å². The Morgan fingerprint density at radius 3 is 2.42 bits per heavy atom. The van der Waals surface area contributed by atoms with Crippen LogP contribution in [0.1, 0.15) is 52.9 Å². The van der Waals surface area contributed by atoms with E-state index in [0.717, 1.165) is 19.4 Å². The molecule has 3 unspecified atom stereocenters. The van der Waals surface area contributed by atoms with Crippen molar-refractivity contribution in [2.75, 3.05) is 26.8 Å². The maximum absolute atomic E-state index is 5.90.